The summed E-state index contributed by atoms with van der Waals surface area (Å²) in [6, 6.07) is 7.29. The maximum Gasteiger partial charge on any atom is 0.322 e. The number of benzene rings is 1. The standard InChI is InChI=1S/C13H20N4O/c1-9(2)17(8-12(14)15)13(18)16-11-6-4-10(3)5-7-11/h4-7,9H,8H2,1-3H3,(H3,14,15)(H,16,18). The Morgan fingerprint density at radius 2 is 1.94 bits per heavy atom. The van der Waals surface area contributed by atoms with Crippen molar-refractivity contribution in [3.63, 3.8) is 0 Å². The second kappa shape index (κ2) is 6.05. The van der Waals surface area contributed by atoms with Crippen LogP contribution in [0.2, 0.25) is 0 Å². The van der Waals surface area contributed by atoms with Crippen LogP contribution in [0.15, 0.2) is 24.3 Å². The van der Waals surface area contributed by atoms with Gasteiger partial charge in [-0.2, -0.15) is 0 Å². The molecule has 0 heterocycles. The topological polar surface area (TPSA) is 82.2 Å². The van der Waals surface area contributed by atoms with Gasteiger partial charge in [0.1, 0.15) is 5.84 Å². The zero-order valence-electron chi connectivity index (χ0n) is 11.0. The number of carbonyl (C=O) groups is 1. The summed E-state index contributed by atoms with van der Waals surface area (Å²) >= 11 is 0. The average Bonchev–Trinajstić information content (AvgIpc) is 2.28. The first-order chi connectivity index (χ1) is 8.40. The molecule has 2 amide bonds. The molecule has 5 nitrogen and oxygen atoms in total. The lowest BCUT2D eigenvalue weighted by atomic mass is 10.2. The molecule has 0 saturated carbocycles. The summed E-state index contributed by atoms with van der Waals surface area (Å²) in [5.41, 5.74) is 7.22. The summed E-state index contributed by atoms with van der Waals surface area (Å²) in [4.78, 5) is 13.6. The monoisotopic (exact) mass is 248 g/mol. The average molecular weight is 248 g/mol. The van der Waals surface area contributed by atoms with Gasteiger partial charge in [-0.05, 0) is 32.9 Å². The fourth-order valence-electron chi connectivity index (χ4n) is 1.50. The van der Waals surface area contributed by atoms with E-state index >= 15 is 0 Å². The first kappa shape index (κ1) is 14.0. The number of urea groups is 1. The predicted octanol–water partition coefficient (Wildman–Crippen LogP) is 2.17. The molecule has 98 valence electrons. The Balaban J connectivity index is 2.72. The summed E-state index contributed by atoms with van der Waals surface area (Å²) in [7, 11) is 0. The number of anilines is 1. The van der Waals surface area contributed by atoms with E-state index in [2.05, 4.69) is 5.32 Å². The third-order valence-corrected chi connectivity index (χ3v) is 2.53. The van der Waals surface area contributed by atoms with E-state index in [1.165, 1.54) is 4.90 Å². The molecule has 1 rings (SSSR count). The third kappa shape index (κ3) is 4.08. The smallest absolute Gasteiger partial charge is 0.322 e. The molecule has 0 fully saturated rings. The van der Waals surface area contributed by atoms with Gasteiger partial charge in [0.2, 0.25) is 0 Å². The largest absolute Gasteiger partial charge is 0.386 e. The molecule has 0 aliphatic carbocycles. The summed E-state index contributed by atoms with van der Waals surface area (Å²) in [6.45, 7) is 5.90. The van der Waals surface area contributed by atoms with Crippen molar-refractivity contribution < 1.29 is 4.79 Å². The van der Waals surface area contributed by atoms with Gasteiger partial charge in [-0.1, -0.05) is 17.7 Å². The number of hydrogen-bond acceptors (Lipinski definition) is 2. The normalized spacial score (nSPS) is 10.2. The maximum absolute atomic E-state index is 12.0. The Morgan fingerprint density at radius 3 is 2.39 bits per heavy atom. The van der Waals surface area contributed by atoms with Gasteiger partial charge in [-0.15, -0.1) is 0 Å². The van der Waals surface area contributed by atoms with Crippen molar-refractivity contribution in [2.45, 2.75) is 26.8 Å². The minimum atomic E-state index is -0.246. The van der Waals surface area contributed by atoms with E-state index in [-0.39, 0.29) is 24.5 Å². The Kier molecular flexibility index (Phi) is 4.71. The van der Waals surface area contributed by atoms with Crippen LogP contribution in [0.3, 0.4) is 0 Å². The lowest BCUT2D eigenvalue weighted by molar-refractivity contribution is 0.206. The molecule has 18 heavy (non-hydrogen) atoms. The number of nitrogens with two attached hydrogens (primary N) is 1. The lowest BCUT2D eigenvalue weighted by Gasteiger charge is -2.26. The molecular formula is C13H20N4O. The lowest BCUT2D eigenvalue weighted by Crippen LogP contribution is -2.44. The summed E-state index contributed by atoms with van der Waals surface area (Å²) in [5.74, 6) is -0.0252. The first-order valence-corrected chi connectivity index (χ1v) is 5.87. The van der Waals surface area contributed by atoms with E-state index in [1.807, 2.05) is 45.0 Å². The van der Waals surface area contributed by atoms with Gasteiger partial charge < -0.3 is 16.0 Å². The van der Waals surface area contributed by atoms with Crippen molar-refractivity contribution in [1.82, 2.24) is 4.90 Å². The Labute approximate surface area is 107 Å². The van der Waals surface area contributed by atoms with Gasteiger partial charge in [0, 0.05) is 11.7 Å². The summed E-state index contributed by atoms with van der Waals surface area (Å²) in [5, 5.41) is 10.1. The number of amidine groups is 1. The van der Waals surface area contributed by atoms with Crippen molar-refractivity contribution in [2.75, 3.05) is 11.9 Å². The van der Waals surface area contributed by atoms with Crippen molar-refractivity contribution in [3.05, 3.63) is 29.8 Å². The number of hydrogen-bond donors (Lipinski definition) is 3. The molecule has 0 saturated heterocycles. The fraction of sp³-hybridized carbons (Fsp3) is 0.385. The van der Waals surface area contributed by atoms with Gasteiger partial charge in [0.15, 0.2) is 0 Å². The highest BCUT2D eigenvalue weighted by molar-refractivity contribution is 5.92. The molecule has 4 N–H and O–H groups in total. The highest BCUT2D eigenvalue weighted by Gasteiger charge is 2.17. The Bertz CT molecular complexity index is 425. The zero-order chi connectivity index (χ0) is 13.7. The van der Waals surface area contributed by atoms with Crippen molar-refractivity contribution in [1.29, 1.82) is 5.41 Å². The molecule has 0 spiro atoms. The molecule has 0 atom stereocenters. The zero-order valence-corrected chi connectivity index (χ0v) is 11.0. The highest BCUT2D eigenvalue weighted by atomic mass is 16.2. The number of nitrogens with zero attached hydrogens (tertiary/aromatic N) is 1. The highest BCUT2D eigenvalue weighted by Crippen LogP contribution is 2.10. The minimum Gasteiger partial charge on any atom is -0.386 e. The second-order valence-electron chi connectivity index (χ2n) is 4.54. The van der Waals surface area contributed by atoms with Crippen LogP contribution in [-0.2, 0) is 0 Å². The van der Waals surface area contributed by atoms with E-state index in [9.17, 15) is 4.79 Å². The molecule has 1 aromatic rings. The first-order valence-electron chi connectivity index (χ1n) is 5.87. The van der Waals surface area contributed by atoms with Crippen LogP contribution in [-0.4, -0.2) is 29.4 Å². The van der Waals surface area contributed by atoms with Crippen LogP contribution >= 0.6 is 0 Å². The van der Waals surface area contributed by atoms with Crippen LogP contribution in [0.4, 0.5) is 10.5 Å². The van der Waals surface area contributed by atoms with Crippen molar-refractivity contribution in [3.8, 4) is 0 Å². The van der Waals surface area contributed by atoms with E-state index in [1.54, 1.807) is 0 Å². The quantitative estimate of drug-likeness (QED) is 0.563. The van der Waals surface area contributed by atoms with Gasteiger partial charge in [-0.3, -0.25) is 5.41 Å². The van der Waals surface area contributed by atoms with Crippen LogP contribution in [0.25, 0.3) is 0 Å². The van der Waals surface area contributed by atoms with Crippen LogP contribution < -0.4 is 11.1 Å². The van der Waals surface area contributed by atoms with Crippen molar-refractivity contribution >= 4 is 17.6 Å². The fourth-order valence-corrected chi connectivity index (χ4v) is 1.50. The molecule has 0 aliphatic rings. The molecule has 1 aromatic carbocycles. The number of carbonyl (C=O) groups excluding carboxylic acids is 1. The summed E-state index contributed by atoms with van der Waals surface area (Å²) < 4.78 is 0. The number of rotatable bonds is 4. The second-order valence-corrected chi connectivity index (χ2v) is 4.54. The van der Waals surface area contributed by atoms with Crippen LogP contribution in [0, 0.1) is 12.3 Å². The predicted molar refractivity (Wildman–Crippen MR) is 74.0 cm³/mol. The molecule has 0 radical (unpaired) electrons. The molecule has 5 heteroatoms. The molecule has 0 unspecified atom stereocenters. The SMILES string of the molecule is Cc1ccc(NC(=O)N(CC(=N)N)C(C)C)cc1. The Hall–Kier alpha value is -2.04. The van der Waals surface area contributed by atoms with E-state index in [0.29, 0.717) is 0 Å². The molecule has 0 aromatic heterocycles. The van der Waals surface area contributed by atoms with Crippen LogP contribution in [0.5, 0.6) is 0 Å². The molecular weight excluding hydrogens is 228 g/mol. The molecule has 0 bridgehead atoms. The van der Waals surface area contributed by atoms with E-state index in [4.69, 9.17) is 11.1 Å². The maximum atomic E-state index is 12.0. The van der Waals surface area contributed by atoms with Crippen LogP contribution in [0.1, 0.15) is 19.4 Å². The summed E-state index contributed by atoms with van der Waals surface area (Å²) in [6.07, 6.45) is 0. The van der Waals surface area contributed by atoms with Gasteiger partial charge >= 0.3 is 6.03 Å². The number of aryl methyl sites for hydroxylation is 1. The number of nitrogens with one attached hydrogen (secondary N) is 2. The van der Waals surface area contributed by atoms with Crippen molar-refractivity contribution in [2.24, 2.45) is 5.73 Å². The van der Waals surface area contributed by atoms with Gasteiger partial charge in [-0.25, -0.2) is 4.79 Å². The van der Waals surface area contributed by atoms with Gasteiger partial charge in [0.05, 0.1) is 6.54 Å². The Morgan fingerprint density at radius 1 is 1.39 bits per heavy atom. The third-order valence-electron chi connectivity index (χ3n) is 2.53. The van der Waals surface area contributed by atoms with Gasteiger partial charge in [0.25, 0.3) is 0 Å². The van der Waals surface area contributed by atoms with E-state index in [0.717, 1.165) is 11.3 Å². The molecule has 0 aliphatic heterocycles. The number of amides is 2. The van der Waals surface area contributed by atoms with E-state index < -0.39 is 0 Å². The minimum absolute atomic E-state index is 0.0145.